The standard InChI is InChI=1S/C20H36O5/c1-7-8-9-10-11-12-14-18(20(22-4,23-5)24-6)15-13-16-25-19(21)17(2)3/h13,15,18H,2,7-12,14,16H2,1,3-6H3. The zero-order chi connectivity index (χ0) is 19.1. The Hall–Kier alpha value is -1.17. The summed E-state index contributed by atoms with van der Waals surface area (Å²) in [4.78, 5) is 11.4. The molecule has 0 bridgehead atoms. The van der Waals surface area contributed by atoms with Gasteiger partial charge in [0.2, 0.25) is 0 Å². The van der Waals surface area contributed by atoms with Crippen LogP contribution in [0.25, 0.3) is 0 Å². The highest BCUT2D eigenvalue weighted by Crippen LogP contribution is 2.30. The summed E-state index contributed by atoms with van der Waals surface area (Å²) in [5, 5.41) is 0. The lowest BCUT2D eigenvalue weighted by Gasteiger charge is -2.35. The van der Waals surface area contributed by atoms with E-state index < -0.39 is 11.9 Å². The molecule has 0 aromatic carbocycles. The summed E-state index contributed by atoms with van der Waals surface area (Å²) < 4.78 is 21.6. The molecule has 0 aliphatic carbocycles. The van der Waals surface area contributed by atoms with Gasteiger partial charge in [0, 0.05) is 26.9 Å². The molecule has 0 aliphatic heterocycles. The van der Waals surface area contributed by atoms with Crippen molar-refractivity contribution in [2.24, 2.45) is 5.92 Å². The van der Waals surface area contributed by atoms with Crippen molar-refractivity contribution in [3.8, 4) is 0 Å². The third-order valence-corrected chi connectivity index (χ3v) is 4.20. The lowest BCUT2D eigenvalue weighted by Crippen LogP contribution is -2.43. The molecule has 0 fully saturated rings. The van der Waals surface area contributed by atoms with E-state index in [0.29, 0.717) is 5.57 Å². The Morgan fingerprint density at radius 1 is 1.04 bits per heavy atom. The smallest absolute Gasteiger partial charge is 0.333 e. The lowest BCUT2D eigenvalue weighted by atomic mass is 9.97. The molecule has 0 rings (SSSR count). The normalized spacial score (nSPS) is 13.2. The van der Waals surface area contributed by atoms with Crippen molar-refractivity contribution in [1.82, 2.24) is 0 Å². The van der Waals surface area contributed by atoms with E-state index in [2.05, 4.69) is 13.5 Å². The summed E-state index contributed by atoms with van der Waals surface area (Å²) in [6.07, 6.45) is 11.9. The van der Waals surface area contributed by atoms with Crippen LogP contribution < -0.4 is 0 Å². The summed E-state index contributed by atoms with van der Waals surface area (Å²) in [5.74, 6) is -1.62. The maximum Gasteiger partial charge on any atom is 0.333 e. The van der Waals surface area contributed by atoms with Gasteiger partial charge in [0.15, 0.2) is 0 Å². The van der Waals surface area contributed by atoms with Gasteiger partial charge in [-0.05, 0) is 13.3 Å². The number of esters is 1. The number of methoxy groups -OCH3 is 3. The molecule has 0 spiro atoms. The highest BCUT2D eigenvalue weighted by atomic mass is 16.9. The number of carbonyl (C=O) groups excluding carboxylic acids is 1. The fourth-order valence-electron chi connectivity index (χ4n) is 2.71. The topological polar surface area (TPSA) is 54.0 Å². The van der Waals surface area contributed by atoms with Crippen LogP contribution in [0, 0.1) is 5.92 Å². The van der Waals surface area contributed by atoms with Crippen molar-refractivity contribution in [1.29, 1.82) is 0 Å². The molecule has 0 radical (unpaired) electrons. The Labute approximate surface area is 153 Å². The fraction of sp³-hybridized carbons (Fsp3) is 0.750. The SMILES string of the molecule is C=C(C)C(=O)OCC=CC(CCCCCCCC)C(OC)(OC)OC. The first-order valence-electron chi connectivity index (χ1n) is 9.12. The first kappa shape index (κ1) is 23.8. The van der Waals surface area contributed by atoms with Crippen LogP contribution >= 0.6 is 0 Å². The highest BCUT2D eigenvalue weighted by Gasteiger charge is 2.38. The van der Waals surface area contributed by atoms with Crippen molar-refractivity contribution in [3.63, 3.8) is 0 Å². The molecule has 0 aliphatic rings. The van der Waals surface area contributed by atoms with E-state index in [1.807, 2.05) is 6.08 Å². The molecule has 0 aromatic rings. The van der Waals surface area contributed by atoms with Crippen LogP contribution in [0.3, 0.4) is 0 Å². The van der Waals surface area contributed by atoms with Crippen molar-refractivity contribution < 1.29 is 23.7 Å². The largest absolute Gasteiger partial charge is 0.458 e. The summed E-state index contributed by atoms with van der Waals surface area (Å²) in [6, 6.07) is 0. The van der Waals surface area contributed by atoms with Gasteiger partial charge in [0.25, 0.3) is 5.97 Å². The predicted octanol–water partition coefficient (Wildman–Crippen LogP) is 4.62. The fourth-order valence-corrected chi connectivity index (χ4v) is 2.71. The van der Waals surface area contributed by atoms with E-state index in [1.54, 1.807) is 34.3 Å². The first-order chi connectivity index (χ1) is 12.0. The Morgan fingerprint density at radius 2 is 1.60 bits per heavy atom. The second-order valence-electron chi connectivity index (χ2n) is 6.19. The van der Waals surface area contributed by atoms with Crippen LogP contribution in [0.2, 0.25) is 0 Å². The number of ether oxygens (including phenoxy) is 4. The van der Waals surface area contributed by atoms with Gasteiger partial charge in [-0.1, -0.05) is 64.2 Å². The molecular formula is C20H36O5. The minimum absolute atomic E-state index is 0.0952. The van der Waals surface area contributed by atoms with Crippen LogP contribution in [0.15, 0.2) is 24.3 Å². The van der Waals surface area contributed by atoms with Crippen LogP contribution in [0.5, 0.6) is 0 Å². The van der Waals surface area contributed by atoms with Crippen molar-refractivity contribution in [2.75, 3.05) is 27.9 Å². The van der Waals surface area contributed by atoms with E-state index >= 15 is 0 Å². The first-order valence-corrected chi connectivity index (χ1v) is 9.12. The van der Waals surface area contributed by atoms with Crippen molar-refractivity contribution in [2.45, 2.75) is 64.8 Å². The van der Waals surface area contributed by atoms with E-state index in [4.69, 9.17) is 18.9 Å². The van der Waals surface area contributed by atoms with Crippen LogP contribution in [-0.4, -0.2) is 39.9 Å². The second-order valence-corrected chi connectivity index (χ2v) is 6.19. The number of carbonyl (C=O) groups is 1. The van der Waals surface area contributed by atoms with E-state index in [9.17, 15) is 4.79 Å². The molecule has 25 heavy (non-hydrogen) atoms. The summed E-state index contributed by atoms with van der Waals surface area (Å²) >= 11 is 0. The maximum absolute atomic E-state index is 11.4. The van der Waals surface area contributed by atoms with Crippen LogP contribution in [0.4, 0.5) is 0 Å². The molecule has 0 amide bonds. The van der Waals surface area contributed by atoms with E-state index in [0.717, 1.165) is 12.8 Å². The molecule has 1 unspecified atom stereocenters. The van der Waals surface area contributed by atoms with Gasteiger partial charge < -0.3 is 18.9 Å². The van der Waals surface area contributed by atoms with Gasteiger partial charge in [-0.25, -0.2) is 4.79 Å². The van der Waals surface area contributed by atoms with Crippen molar-refractivity contribution in [3.05, 3.63) is 24.3 Å². The summed E-state index contributed by atoms with van der Waals surface area (Å²) in [5.41, 5.74) is 0.386. The second kappa shape index (κ2) is 14.0. The van der Waals surface area contributed by atoms with Gasteiger partial charge in [0.1, 0.15) is 6.61 Å². The third-order valence-electron chi connectivity index (χ3n) is 4.20. The van der Waals surface area contributed by atoms with Crippen molar-refractivity contribution >= 4 is 5.97 Å². The Morgan fingerprint density at radius 3 is 2.12 bits per heavy atom. The molecule has 0 saturated carbocycles. The quantitative estimate of drug-likeness (QED) is 0.141. The number of unbranched alkanes of at least 4 members (excludes halogenated alkanes) is 5. The third kappa shape index (κ3) is 9.19. The molecule has 0 N–H and O–H groups in total. The van der Waals surface area contributed by atoms with Gasteiger partial charge in [-0.2, -0.15) is 0 Å². The monoisotopic (exact) mass is 356 g/mol. The molecule has 0 heterocycles. The molecular weight excluding hydrogens is 320 g/mol. The molecule has 0 saturated heterocycles. The minimum atomic E-state index is -1.13. The average molecular weight is 357 g/mol. The highest BCUT2D eigenvalue weighted by molar-refractivity contribution is 5.86. The Balaban J connectivity index is 4.67. The summed E-state index contributed by atoms with van der Waals surface area (Å²) in [6.45, 7) is 7.58. The molecule has 5 heteroatoms. The summed E-state index contributed by atoms with van der Waals surface area (Å²) in [7, 11) is 4.70. The average Bonchev–Trinajstić information content (AvgIpc) is 2.62. The predicted molar refractivity (Wildman–Crippen MR) is 100 cm³/mol. The number of hydrogen-bond acceptors (Lipinski definition) is 5. The van der Waals surface area contributed by atoms with Crippen LogP contribution in [0.1, 0.15) is 58.8 Å². The molecule has 5 nitrogen and oxygen atoms in total. The number of rotatable bonds is 15. The van der Waals surface area contributed by atoms with E-state index in [1.165, 1.54) is 32.1 Å². The van der Waals surface area contributed by atoms with Gasteiger partial charge >= 0.3 is 5.97 Å². The van der Waals surface area contributed by atoms with Crippen LogP contribution in [-0.2, 0) is 23.7 Å². The lowest BCUT2D eigenvalue weighted by molar-refractivity contribution is -0.372. The van der Waals surface area contributed by atoms with Gasteiger partial charge in [-0.3, -0.25) is 0 Å². The minimum Gasteiger partial charge on any atom is -0.458 e. The Kier molecular flexibility index (Phi) is 13.4. The molecule has 0 aromatic heterocycles. The zero-order valence-electron chi connectivity index (χ0n) is 16.6. The Bertz CT molecular complexity index is 391. The molecule has 146 valence electrons. The van der Waals surface area contributed by atoms with E-state index in [-0.39, 0.29) is 12.5 Å². The van der Waals surface area contributed by atoms with Gasteiger partial charge in [-0.15, -0.1) is 0 Å². The van der Waals surface area contributed by atoms with Gasteiger partial charge in [0.05, 0.1) is 5.92 Å². The maximum atomic E-state index is 11.4. The zero-order valence-corrected chi connectivity index (χ0v) is 16.6. The number of hydrogen-bond donors (Lipinski definition) is 0. The molecule has 1 atom stereocenters.